The summed E-state index contributed by atoms with van der Waals surface area (Å²) in [5, 5.41) is 3.39. The van der Waals surface area contributed by atoms with E-state index in [1.807, 2.05) is 0 Å². The number of rotatable bonds is 24. The second kappa shape index (κ2) is 22.2. The van der Waals surface area contributed by atoms with Gasteiger partial charge in [-0.2, -0.15) is 0 Å². The Kier molecular flexibility index (Phi) is 19.8. The fraction of sp³-hybridized carbons (Fsp3) is 0.852. The highest BCUT2D eigenvalue weighted by Crippen LogP contribution is 2.13. The van der Waals surface area contributed by atoms with Crippen molar-refractivity contribution >= 4 is 23.7 Å². The summed E-state index contributed by atoms with van der Waals surface area (Å²) in [5.74, 6) is -1.63. The summed E-state index contributed by atoms with van der Waals surface area (Å²) in [7, 11) is 0. The number of unbranched alkanes of at least 4 members (excludes halogenated alkanes) is 12. The summed E-state index contributed by atoms with van der Waals surface area (Å²) >= 11 is 0. The van der Waals surface area contributed by atoms with Crippen LogP contribution in [0, 0.1) is 0 Å². The number of nitrogens with one attached hydrogen (secondary N) is 1. The van der Waals surface area contributed by atoms with E-state index in [1.54, 1.807) is 0 Å². The van der Waals surface area contributed by atoms with Gasteiger partial charge in [-0.25, -0.2) is 4.79 Å². The van der Waals surface area contributed by atoms with Gasteiger partial charge >= 0.3 is 5.97 Å². The Morgan fingerprint density at radius 2 is 1.19 bits per heavy atom. The van der Waals surface area contributed by atoms with Gasteiger partial charge in [0.2, 0.25) is 5.91 Å². The van der Waals surface area contributed by atoms with Crippen LogP contribution in [-0.4, -0.2) is 61.7 Å². The van der Waals surface area contributed by atoms with Gasteiger partial charge in [-0.05, 0) is 6.42 Å². The number of amides is 3. The molecule has 0 aliphatic carbocycles. The van der Waals surface area contributed by atoms with Crippen LogP contribution in [0.25, 0.3) is 0 Å². The number of ether oxygens (including phenoxy) is 2. The predicted molar refractivity (Wildman–Crippen MR) is 137 cm³/mol. The zero-order valence-electron chi connectivity index (χ0n) is 22.4. The summed E-state index contributed by atoms with van der Waals surface area (Å²) < 4.78 is 10.7. The van der Waals surface area contributed by atoms with Crippen LogP contribution in [0.2, 0.25) is 0 Å². The first-order valence-corrected chi connectivity index (χ1v) is 14.0. The Morgan fingerprint density at radius 1 is 0.694 bits per heavy atom. The molecule has 208 valence electrons. The van der Waals surface area contributed by atoms with Crippen LogP contribution in [0.5, 0.6) is 0 Å². The van der Waals surface area contributed by atoms with Crippen molar-refractivity contribution in [3.63, 3.8) is 0 Å². The minimum Gasteiger partial charge on any atom is -0.378 e. The monoisotopic (exact) mass is 512 g/mol. The fourth-order valence-corrected chi connectivity index (χ4v) is 3.94. The molecule has 0 aromatic rings. The standard InChI is InChI=1S/C27H48N2O7/c1-2-3-4-5-6-7-8-9-10-11-12-13-14-15-24(30)28-19-21-35-23-22-34-20-18-27(33)36-29-25(31)16-17-26(29)32/h2-23H2,1H3,(H,28,30). The molecule has 1 aliphatic rings. The SMILES string of the molecule is CCCCCCCCCCCCCCCC(=O)NCCOCCOCCC(=O)ON1C(=O)CCC1=O. The lowest BCUT2D eigenvalue weighted by atomic mass is 10.0. The van der Waals surface area contributed by atoms with Gasteiger partial charge in [-0.3, -0.25) is 14.4 Å². The van der Waals surface area contributed by atoms with Gasteiger partial charge in [0, 0.05) is 25.8 Å². The van der Waals surface area contributed by atoms with E-state index in [0.717, 1.165) is 12.8 Å². The number of carbonyl (C=O) groups excluding carboxylic acids is 4. The number of nitrogens with zero attached hydrogens (tertiary/aromatic N) is 1. The van der Waals surface area contributed by atoms with Gasteiger partial charge in [0.25, 0.3) is 11.8 Å². The highest BCUT2D eigenvalue weighted by molar-refractivity contribution is 6.01. The van der Waals surface area contributed by atoms with Crippen molar-refractivity contribution in [2.75, 3.05) is 33.0 Å². The summed E-state index contributed by atoms with van der Waals surface area (Å²) in [6.07, 6.45) is 17.4. The van der Waals surface area contributed by atoms with Crippen molar-refractivity contribution in [2.24, 2.45) is 0 Å². The molecule has 1 heterocycles. The molecule has 0 atom stereocenters. The van der Waals surface area contributed by atoms with E-state index in [0.29, 0.717) is 37.8 Å². The van der Waals surface area contributed by atoms with Crippen LogP contribution < -0.4 is 5.32 Å². The van der Waals surface area contributed by atoms with Crippen LogP contribution in [0.4, 0.5) is 0 Å². The molecule has 1 rings (SSSR count). The lowest BCUT2D eigenvalue weighted by Crippen LogP contribution is -2.32. The van der Waals surface area contributed by atoms with Crippen molar-refractivity contribution in [3.8, 4) is 0 Å². The Balaban J connectivity index is 1.78. The van der Waals surface area contributed by atoms with E-state index in [2.05, 4.69) is 12.2 Å². The zero-order valence-corrected chi connectivity index (χ0v) is 22.4. The Labute approximate surface area is 216 Å². The highest BCUT2D eigenvalue weighted by atomic mass is 16.7. The molecule has 1 N–H and O–H groups in total. The number of carbonyl (C=O) groups is 4. The molecule has 0 radical (unpaired) electrons. The van der Waals surface area contributed by atoms with Crippen molar-refractivity contribution in [3.05, 3.63) is 0 Å². The number of hydrogen-bond donors (Lipinski definition) is 1. The molecule has 1 aliphatic heterocycles. The van der Waals surface area contributed by atoms with Crippen molar-refractivity contribution < 1.29 is 33.5 Å². The van der Waals surface area contributed by atoms with Gasteiger partial charge < -0.3 is 19.6 Å². The first-order chi connectivity index (χ1) is 17.5. The molecular formula is C27H48N2O7. The topological polar surface area (TPSA) is 111 Å². The van der Waals surface area contributed by atoms with Crippen LogP contribution in [0.15, 0.2) is 0 Å². The van der Waals surface area contributed by atoms with Crippen molar-refractivity contribution in [1.29, 1.82) is 0 Å². The normalized spacial score (nSPS) is 13.4. The number of hydrogen-bond acceptors (Lipinski definition) is 7. The minimum atomic E-state index is -0.689. The predicted octanol–water partition coefficient (Wildman–Crippen LogP) is 4.61. The Hall–Kier alpha value is -2.00. The maximum Gasteiger partial charge on any atom is 0.335 e. The van der Waals surface area contributed by atoms with Crippen molar-refractivity contribution in [1.82, 2.24) is 10.4 Å². The van der Waals surface area contributed by atoms with E-state index >= 15 is 0 Å². The first-order valence-electron chi connectivity index (χ1n) is 14.0. The number of hydroxylamine groups is 2. The van der Waals surface area contributed by atoms with Crippen LogP contribution in [0.3, 0.4) is 0 Å². The molecule has 9 nitrogen and oxygen atoms in total. The third-order valence-electron chi connectivity index (χ3n) is 6.10. The summed E-state index contributed by atoms with van der Waals surface area (Å²) in [4.78, 5) is 51.0. The average Bonchev–Trinajstić information content (AvgIpc) is 3.17. The van der Waals surface area contributed by atoms with Crippen molar-refractivity contribution in [2.45, 2.75) is 116 Å². The molecule has 3 amide bonds. The third-order valence-corrected chi connectivity index (χ3v) is 6.10. The maximum atomic E-state index is 11.9. The van der Waals surface area contributed by atoms with Crippen LogP contribution >= 0.6 is 0 Å². The zero-order chi connectivity index (χ0) is 26.3. The molecule has 0 saturated carbocycles. The third kappa shape index (κ3) is 17.4. The largest absolute Gasteiger partial charge is 0.378 e. The minimum absolute atomic E-state index is 0.0615. The van der Waals surface area contributed by atoms with Gasteiger partial charge in [-0.15, -0.1) is 5.06 Å². The first kappa shape index (κ1) is 32.0. The molecule has 36 heavy (non-hydrogen) atoms. The quantitative estimate of drug-likeness (QED) is 0.148. The molecule has 0 aromatic carbocycles. The smallest absolute Gasteiger partial charge is 0.335 e. The summed E-state index contributed by atoms with van der Waals surface area (Å²) in [6, 6.07) is 0. The fourth-order valence-electron chi connectivity index (χ4n) is 3.94. The van der Waals surface area contributed by atoms with Crippen LogP contribution in [-0.2, 0) is 33.5 Å². The number of imide groups is 1. The summed E-state index contributed by atoms with van der Waals surface area (Å²) in [5.41, 5.74) is 0. The van der Waals surface area contributed by atoms with E-state index < -0.39 is 17.8 Å². The molecule has 1 fully saturated rings. The Morgan fingerprint density at radius 3 is 1.75 bits per heavy atom. The second-order valence-corrected chi connectivity index (χ2v) is 9.36. The van der Waals surface area contributed by atoms with E-state index in [9.17, 15) is 19.2 Å². The molecule has 0 spiro atoms. The Bertz CT molecular complexity index is 611. The van der Waals surface area contributed by atoms with Gasteiger partial charge in [0.1, 0.15) is 0 Å². The molecular weight excluding hydrogens is 464 g/mol. The van der Waals surface area contributed by atoms with E-state index in [-0.39, 0.29) is 31.8 Å². The maximum absolute atomic E-state index is 11.9. The van der Waals surface area contributed by atoms with Gasteiger partial charge in [0.15, 0.2) is 0 Å². The molecule has 0 unspecified atom stereocenters. The molecule has 1 saturated heterocycles. The second-order valence-electron chi connectivity index (χ2n) is 9.36. The summed E-state index contributed by atoms with van der Waals surface area (Å²) in [6.45, 7) is 3.85. The molecule has 0 bridgehead atoms. The average molecular weight is 513 g/mol. The lowest BCUT2D eigenvalue weighted by Gasteiger charge is -2.12. The highest BCUT2D eigenvalue weighted by Gasteiger charge is 2.32. The molecule has 9 heteroatoms. The van der Waals surface area contributed by atoms with Gasteiger partial charge in [0.05, 0.1) is 32.8 Å². The van der Waals surface area contributed by atoms with E-state index in [4.69, 9.17) is 14.3 Å². The van der Waals surface area contributed by atoms with Gasteiger partial charge in [-0.1, -0.05) is 84.0 Å². The molecule has 0 aromatic heterocycles. The van der Waals surface area contributed by atoms with Crippen LogP contribution in [0.1, 0.15) is 116 Å². The lowest BCUT2D eigenvalue weighted by molar-refractivity contribution is -0.198. The van der Waals surface area contributed by atoms with E-state index in [1.165, 1.54) is 70.6 Å².